The first-order chi connectivity index (χ1) is 15.7. The second-order valence-corrected chi connectivity index (χ2v) is 10.3. The zero-order chi connectivity index (χ0) is 25.9. The molecule has 0 aromatic rings. The fourth-order valence-corrected chi connectivity index (χ4v) is 3.77. The van der Waals surface area contributed by atoms with Gasteiger partial charge in [-0.3, -0.25) is 24.0 Å². The number of carbonyl (C=O) groups is 5. The van der Waals surface area contributed by atoms with Gasteiger partial charge < -0.3 is 30.0 Å². The molecule has 1 aliphatic rings. The van der Waals surface area contributed by atoms with Crippen molar-refractivity contribution < 1.29 is 43.3 Å². The van der Waals surface area contributed by atoms with E-state index in [4.69, 9.17) is 19.3 Å². The Labute approximate surface area is 204 Å². The fourth-order valence-electron chi connectivity index (χ4n) is 2.98. The highest BCUT2D eigenvalue weighted by Crippen LogP contribution is 2.34. The Morgan fingerprint density at radius 3 is 2.38 bits per heavy atom. The summed E-state index contributed by atoms with van der Waals surface area (Å²) in [7, 11) is 0. The summed E-state index contributed by atoms with van der Waals surface area (Å²) in [5.74, 6) is -2.83. The Bertz CT molecular complexity index is 755. The molecule has 1 saturated heterocycles. The molecule has 1 rings (SSSR count). The SMILES string of the molecule is C[C@@H](CC(=O)SCCNC(=O)CCNC(=O)[C@@H]1OC(C)(C)OCC1(C)C)OC(=O)CCC(=O)O. The first-order valence-corrected chi connectivity index (χ1v) is 12.1. The number of thioether (sulfide) groups is 1. The number of hydrogen-bond donors (Lipinski definition) is 3. The monoisotopic (exact) mass is 504 g/mol. The maximum Gasteiger partial charge on any atom is 0.306 e. The van der Waals surface area contributed by atoms with Crippen LogP contribution in [0.1, 0.15) is 60.3 Å². The standard InChI is InChI=1S/C22H36N2O9S/c1-14(32-17(28)7-6-16(26)27)12-18(29)34-11-10-23-15(25)8-9-24-20(30)19-21(2,3)13-31-22(4,5)33-19/h14,19H,6-13H2,1-5H3,(H,23,25)(H,24,30)(H,26,27)/t14-,19-/m0/s1. The molecular weight excluding hydrogens is 468 g/mol. The van der Waals surface area contributed by atoms with E-state index in [1.54, 1.807) is 20.8 Å². The van der Waals surface area contributed by atoms with Crippen LogP contribution in [-0.2, 0) is 38.2 Å². The van der Waals surface area contributed by atoms with Gasteiger partial charge in [0, 0.05) is 30.7 Å². The molecule has 1 aliphatic heterocycles. The third-order valence-corrected chi connectivity index (χ3v) is 5.71. The molecule has 194 valence electrons. The molecule has 0 aliphatic carbocycles. The number of carboxylic acid groups (broad SMARTS) is 1. The maximum atomic E-state index is 12.5. The van der Waals surface area contributed by atoms with E-state index in [1.807, 2.05) is 13.8 Å². The Hall–Kier alpha value is -2.18. The normalized spacial score (nSPS) is 19.5. The van der Waals surface area contributed by atoms with Gasteiger partial charge in [0.2, 0.25) is 11.8 Å². The number of carbonyl (C=O) groups excluding carboxylic acids is 4. The Balaban J connectivity index is 2.19. The number of nitrogens with one attached hydrogen (secondary N) is 2. The minimum absolute atomic E-state index is 0.00904. The third-order valence-electron chi connectivity index (χ3n) is 4.81. The van der Waals surface area contributed by atoms with Crippen molar-refractivity contribution in [1.29, 1.82) is 0 Å². The largest absolute Gasteiger partial charge is 0.481 e. The van der Waals surface area contributed by atoms with Crippen molar-refractivity contribution in [3.05, 3.63) is 0 Å². The highest BCUT2D eigenvalue weighted by molar-refractivity contribution is 8.13. The first kappa shape index (κ1) is 29.9. The molecule has 34 heavy (non-hydrogen) atoms. The molecule has 0 aromatic carbocycles. The number of ether oxygens (including phenoxy) is 3. The number of carboxylic acids is 1. The van der Waals surface area contributed by atoms with Crippen LogP contribution in [0.3, 0.4) is 0 Å². The highest BCUT2D eigenvalue weighted by Gasteiger charge is 2.45. The molecule has 0 unspecified atom stereocenters. The van der Waals surface area contributed by atoms with E-state index >= 15 is 0 Å². The van der Waals surface area contributed by atoms with Crippen LogP contribution in [0.5, 0.6) is 0 Å². The van der Waals surface area contributed by atoms with Gasteiger partial charge in [-0.2, -0.15) is 0 Å². The van der Waals surface area contributed by atoms with Gasteiger partial charge in [0.15, 0.2) is 10.9 Å². The van der Waals surface area contributed by atoms with Gasteiger partial charge >= 0.3 is 11.9 Å². The van der Waals surface area contributed by atoms with Crippen LogP contribution in [0.4, 0.5) is 0 Å². The van der Waals surface area contributed by atoms with Crippen molar-refractivity contribution in [2.24, 2.45) is 5.41 Å². The van der Waals surface area contributed by atoms with Gasteiger partial charge in [0.05, 0.1) is 25.9 Å². The molecular formula is C22H36N2O9S. The molecule has 0 bridgehead atoms. The lowest BCUT2D eigenvalue weighted by Crippen LogP contribution is -2.56. The van der Waals surface area contributed by atoms with Crippen LogP contribution in [0.25, 0.3) is 0 Å². The van der Waals surface area contributed by atoms with Gasteiger partial charge in [-0.1, -0.05) is 25.6 Å². The fraction of sp³-hybridized carbons (Fsp3) is 0.773. The van der Waals surface area contributed by atoms with Crippen molar-refractivity contribution in [1.82, 2.24) is 10.6 Å². The Morgan fingerprint density at radius 1 is 1.06 bits per heavy atom. The zero-order valence-corrected chi connectivity index (χ0v) is 21.2. The number of esters is 1. The number of aliphatic carboxylic acids is 1. The lowest BCUT2D eigenvalue weighted by atomic mass is 9.85. The number of hydrogen-bond acceptors (Lipinski definition) is 9. The van der Waals surface area contributed by atoms with Crippen LogP contribution in [0, 0.1) is 5.41 Å². The van der Waals surface area contributed by atoms with Crippen molar-refractivity contribution in [3.63, 3.8) is 0 Å². The Kier molecular flexibility index (Phi) is 12.0. The molecule has 11 nitrogen and oxygen atoms in total. The number of amides is 2. The van der Waals surface area contributed by atoms with Gasteiger partial charge in [-0.15, -0.1) is 0 Å². The van der Waals surface area contributed by atoms with Gasteiger partial charge in [0.1, 0.15) is 12.2 Å². The van der Waals surface area contributed by atoms with E-state index in [1.165, 1.54) is 0 Å². The average molecular weight is 505 g/mol. The summed E-state index contributed by atoms with van der Waals surface area (Å²) >= 11 is 1.00. The van der Waals surface area contributed by atoms with E-state index in [9.17, 15) is 24.0 Å². The highest BCUT2D eigenvalue weighted by atomic mass is 32.2. The number of rotatable bonds is 13. The molecule has 3 N–H and O–H groups in total. The topological polar surface area (TPSA) is 157 Å². The van der Waals surface area contributed by atoms with Crippen molar-refractivity contribution in [2.45, 2.75) is 78.3 Å². The summed E-state index contributed by atoms with van der Waals surface area (Å²) in [5.41, 5.74) is -0.500. The Morgan fingerprint density at radius 2 is 1.74 bits per heavy atom. The summed E-state index contributed by atoms with van der Waals surface area (Å²) < 4.78 is 16.3. The average Bonchev–Trinajstić information content (AvgIpc) is 2.71. The van der Waals surface area contributed by atoms with Crippen molar-refractivity contribution in [2.75, 3.05) is 25.4 Å². The second kappa shape index (κ2) is 13.6. The van der Waals surface area contributed by atoms with Gasteiger partial charge in [0.25, 0.3) is 0 Å². The van der Waals surface area contributed by atoms with Crippen molar-refractivity contribution in [3.8, 4) is 0 Å². The van der Waals surface area contributed by atoms with Crippen molar-refractivity contribution >= 4 is 40.6 Å². The summed E-state index contributed by atoms with van der Waals surface area (Å²) in [6.07, 6.45) is -1.84. The molecule has 0 saturated carbocycles. The zero-order valence-electron chi connectivity index (χ0n) is 20.4. The third kappa shape index (κ3) is 11.8. The molecule has 0 radical (unpaired) electrons. The van der Waals surface area contributed by atoms with Gasteiger partial charge in [-0.05, 0) is 20.8 Å². The molecule has 12 heteroatoms. The predicted octanol–water partition coefficient (Wildman–Crippen LogP) is 1.23. The summed E-state index contributed by atoms with van der Waals surface area (Å²) in [6.45, 7) is 9.59. The lowest BCUT2D eigenvalue weighted by Gasteiger charge is -2.44. The molecule has 1 fully saturated rings. The molecule has 1 heterocycles. The van der Waals surface area contributed by atoms with Crippen LogP contribution in [-0.4, -0.2) is 77.4 Å². The summed E-state index contributed by atoms with van der Waals surface area (Å²) in [4.78, 5) is 58.3. The lowest BCUT2D eigenvalue weighted by molar-refractivity contribution is -0.304. The summed E-state index contributed by atoms with van der Waals surface area (Å²) in [6, 6.07) is 0. The van der Waals surface area contributed by atoms with Crippen LogP contribution < -0.4 is 10.6 Å². The molecule has 2 atom stereocenters. The van der Waals surface area contributed by atoms with E-state index in [2.05, 4.69) is 10.6 Å². The molecule has 2 amide bonds. The van der Waals surface area contributed by atoms with Crippen LogP contribution in [0.15, 0.2) is 0 Å². The smallest absolute Gasteiger partial charge is 0.306 e. The second-order valence-electron chi connectivity index (χ2n) is 9.18. The summed E-state index contributed by atoms with van der Waals surface area (Å²) in [5, 5.41) is 13.7. The minimum Gasteiger partial charge on any atom is -0.481 e. The van der Waals surface area contributed by atoms with E-state index in [-0.39, 0.29) is 55.7 Å². The van der Waals surface area contributed by atoms with Crippen LogP contribution in [0.2, 0.25) is 0 Å². The van der Waals surface area contributed by atoms with Gasteiger partial charge in [-0.25, -0.2) is 0 Å². The van der Waals surface area contributed by atoms with E-state index < -0.39 is 35.3 Å². The molecule has 0 aromatic heterocycles. The first-order valence-electron chi connectivity index (χ1n) is 11.1. The quantitative estimate of drug-likeness (QED) is 0.246. The van der Waals surface area contributed by atoms with E-state index in [0.29, 0.717) is 12.4 Å². The molecule has 0 spiro atoms. The maximum absolute atomic E-state index is 12.5. The van der Waals surface area contributed by atoms with Crippen LogP contribution >= 0.6 is 11.8 Å². The minimum atomic E-state index is -1.10. The van der Waals surface area contributed by atoms with E-state index in [0.717, 1.165) is 11.8 Å². The predicted molar refractivity (Wildman–Crippen MR) is 124 cm³/mol.